The molecule has 9 heavy (non-hydrogen) atoms. The first-order valence-electron chi connectivity index (χ1n) is 2.47. The third-order valence-corrected chi connectivity index (χ3v) is 0.973. The van der Waals surface area contributed by atoms with Crippen LogP contribution in [0.25, 0.3) is 0 Å². The maximum absolute atomic E-state index is 8.37. The van der Waals surface area contributed by atoms with Gasteiger partial charge in [0.15, 0.2) is 0 Å². The summed E-state index contributed by atoms with van der Waals surface area (Å²) in [6.45, 7) is 3.50. The standard InChI is InChI=1S/C7H5NO/c1-6-7(5-8)3-2-4-9-6/h2-4H,1H2. The SMILES string of the molecule is C=C1OC=CC=C1C#N. The number of ether oxygens (including phenoxy) is 1. The zero-order valence-corrected chi connectivity index (χ0v) is 4.79. The molecule has 0 aliphatic carbocycles. The van der Waals surface area contributed by atoms with E-state index in [2.05, 4.69) is 6.58 Å². The second-order valence-electron chi connectivity index (χ2n) is 1.56. The highest BCUT2D eigenvalue weighted by atomic mass is 16.5. The van der Waals surface area contributed by atoms with Gasteiger partial charge in [0.1, 0.15) is 11.8 Å². The van der Waals surface area contributed by atoms with Gasteiger partial charge in [0, 0.05) is 0 Å². The Kier molecular flexibility index (Phi) is 1.37. The van der Waals surface area contributed by atoms with E-state index in [9.17, 15) is 0 Å². The van der Waals surface area contributed by atoms with Crippen molar-refractivity contribution in [3.8, 4) is 6.07 Å². The molecule has 2 heteroatoms. The van der Waals surface area contributed by atoms with Crippen LogP contribution in [-0.4, -0.2) is 0 Å². The average Bonchev–Trinajstić information content (AvgIpc) is 1.89. The van der Waals surface area contributed by atoms with Gasteiger partial charge in [-0.3, -0.25) is 0 Å². The summed E-state index contributed by atoms with van der Waals surface area (Å²) in [6.07, 6.45) is 4.81. The van der Waals surface area contributed by atoms with Gasteiger partial charge in [-0.15, -0.1) is 0 Å². The van der Waals surface area contributed by atoms with E-state index in [0.717, 1.165) is 0 Å². The largest absolute Gasteiger partial charge is 0.464 e. The third-order valence-electron chi connectivity index (χ3n) is 0.973. The molecule has 1 aliphatic rings. The fraction of sp³-hybridized carbons (Fsp3) is 0. The van der Waals surface area contributed by atoms with Gasteiger partial charge in [-0.25, -0.2) is 0 Å². The Bertz CT molecular complexity index is 230. The van der Waals surface area contributed by atoms with Gasteiger partial charge in [-0.2, -0.15) is 5.26 Å². The number of nitriles is 1. The zero-order chi connectivity index (χ0) is 6.69. The van der Waals surface area contributed by atoms with Crippen molar-refractivity contribution in [1.82, 2.24) is 0 Å². The van der Waals surface area contributed by atoms with Crippen LogP contribution in [0.2, 0.25) is 0 Å². The van der Waals surface area contributed by atoms with E-state index in [1.165, 1.54) is 6.26 Å². The summed E-state index contributed by atoms with van der Waals surface area (Å²) in [5.41, 5.74) is 0.484. The average molecular weight is 119 g/mol. The van der Waals surface area contributed by atoms with Gasteiger partial charge in [-0.05, 0) is 12.2 Å². The van der Waals surface area contributed by atoms with E-state index in [0.29, 0.717) is 11.3 Å². The summed E-state index contributed by atoms with van der Waals surface area (Å²) in [4.78, 5) is 0. The van der Waals surface area contributed by atoms with Crippen LogP contribution in [0.4, 0.5) is 0 Å². The third kappa shape index (κ3) is 1.000. The minimum absolute atomic E-state index is 0.417. The molecule has 0 aromatic heterocycles. The predicted molar refractivity (Wildman–Crippen MR) is 33.1 cm³/mol. The molecular weight excluding hydrogens is 114 g/mol. The first-order valence-corrected chi connectivity index (χ1v) is 2.47. The Morgan fingerprint density at radius 1 is 1.67 bits per heavy atom. The summed E-state index contributed by atoms with van der Waals surface area (Å²) in [5, 5.41) is 8.37. The van der Waals surface area contributed by atoms with Crippen molar-refractivity contribution in [3.63, 3.8) is 0 Å². The molecule has 0 bridgehead atoms. The molecule has 0 spiro atoms. The summed E-state index contributed by atoms with van der Waals surface area (Å²) < 4.78 is 4.82. The Morgan fingerprint density at radius 2 is 2.44 bits per heavy atom. The Hall–Kier alpha value is -1.49. The first kappa shape index (κ1) is 5.64. The summed E-state index contributed by atoms with van der Waals surface area (Å²) in [7, 11) is 0. The first-order chi connectivity index (χ1) is 4.34. The molecule has 1 rings (SSSR count). The van der Waals surface area contributed by atoms with Crippen LogP contribution >= 0.6 is 0 Å². The maximum atomic E-state index is 8.37. The highest BCUT2D eigenvalue weighted by Gasteiger charge is 2.02. The fourth-order valence-electron chi connectivity index (χ4n) is 0.513. The van der Waals surface area contributed by atoms with Crippen LogP contribution in [0, 0.1) is 11.3 Å². The van der Waals surface area contributed by atoms with E-state index < -0.39 is 0 Å². The molecule has 44 valence electrons. The number of hydrogen-bond acceptors (Lipinski definition) is 2. The van der Waals surface area contributed by atoms with Gasteiger partial charge < -0.3 is 4.74 Å². The molecule has 0 saturated heterocycles. The van der Waals surface area contributed by atoms with Crippen molar-refractivity contribution in [1.29, 1.82) is 5.26 Å². The molecule has 0 aromatic rings. The molecule has 0 N–H and O–H groups in total. The lowest BCUT2D eigenvalue weighted by Gasteiger charge is -2.04. The van der Waals surface area contributed by atoms with E-state index in [1.807, 2.05) is 6.07 Å². The lowest BCUT2D eigenvalue weighted by Crippen LogP contribution is -1.90. The zero-order valence-electron chi connectivity index (χ0n) is 4.79. The van der Waals surface area contributed by atoms with Crippen molar-refractivity contribution in [2.75, 3.05) is 0 Å². The quantitative estimate of drug-likeness (QED) is 0.484. The van der Waals surface area contributed by atoms with Gasteiger partial charge in [0.05, 0.1) is 11.8 Å². The van der Waals surface area contributed by atoms with Gasteiger partial charge in [-0.1, -0.05) is 6.58 Å². The van der Waals surface area contributed by atoms with Gasteiger partial charge in [0.25, 0.3) is 0 Å². The van der Waals surface area contributed by atoms with E-state index in [4.69, 9.17) is 10.00 Å². The smallest absolute Gasteiger partial charge is 0.137 e. The molecule has 0 atom stereocenters. The number of nitrogens with zero attached hydrogens (tertiary/aromatic N) is 1. The minimum Gasteiger partial charge on any atom is -0.464 e. The highest BCUT2D eigenvalue weighted by Crippen LogP contribution is 2.12. The number of rotatable bonds is 0. The molecule has 0 radical (unpaired) electrons. The van der Waals surface area contributed by atoms with Crippen molar-refractivity contribution in [3.05, 3.63) is 36.3 Å². The molecular formula is C7H5NO. The number of allylic oxidation sites excluding steroid dienone is 3. The molecule has 1 heterocycles. The van der Waals surface area contributed by atoms with Gasteiger partial charge in [0.2, 0.25) is 0 Å². The van der Waals surface area contributed by atoms with Crippen molar-refractivity contribution >= 4 is 0 Å². The fourth-order valence-corrected chi connectivity index (χ4v) is 0.513. The van der Waals surface area contributed by atoms with Crippen LogP contribution in [0.1, 0.15) is 0 Å². The predicted octanol–water partition coefficient (Wildman–Crippen LogP) is 1.49. The Labute approximate surface area is 53.4 Å². The molecule has 0 fully saturated rings. The van der Waals surface area contributed by atoms with E-state index in [1.54, 1.807) is 12.2 Å². The van der Waals surface area contributed by atoms with Crippen LogP contribution in [0.3, 0.4) is 0 Å². The van der Waals surface area contributed by atoms with Crippen molar-refractivity contribution in [2.45, 2.75) is 0 Å². The molecule has 0 aromatic carbocycles. The molecule has 2 nitrogen and oxygen atoms in total. The van der Waals surface area contributed by atoms with Crippen molar-refractivity contribution in [2.24, 2.45) is 0 Å². The lowest BCUT2D eigenvalue weighted by atomic mass is 10.2. The topological polar surface area (TPSA) is 33.0 Å². The van der Waals surface area contributed by atoms with E-state index in [-0.39, 0.29) is 0 Å². The summed E-state index contributed by atoms with van der Waals surface area (Å²) >= 11 is 0. The highest BCUT2D eigenvalue weighted by molar-refractivity contribution is 5.41. The van der Waals surface area contributed by atoms with E-state index >= 15 is 0 Å². The van der Waals surface area contributed by atoms with Gasteiger partial charge >= 0.3 is 0 Å². The van der Waals surface area contributed by atoms with Crippen LogP contribution in [-0.2, 0) is 4.74 Å². The summed E-state index contributed by atoms with van der Waals surface area (Å²) in [5.74, 6) is 0.417. The molecule has 1 aliphatic heterocycles. The van der Waals surface area contributed by atoms with Crippen molar-refractivity contribution < 1.29 is 4.74 Å². The Morgan fingerprint density at radius 3 is 2.89 bits per heavy atom. The summed E-state index contributed by atoms with van der Waals surface area (Å²) in [6, 6.07) is 1.94. The second-order valence-corrected chi connectivity index (χ2v) is 1.56. The normalized spacial score (nSPS) is 15.9. The van der Waals surface area contributed by atoms with Crippen LogP contribution in [0.5, 0.6) is 0 Å². The van der Waals surface area contributed by atoms with Crippen LogP contribution in [0.15, 0.2) is 36.3 Å². The lowest BCUT2D eigenvalue weighted by molar-refractivity contribution is 0.362. The maximum Gasteiger partial charge on any atom is 0.137 e. The number of hydrogen-bond donors (Lipinski definition) is 0. The Balaban J connectivity index is 2.91. The monoisotopic (exact) mass is 119 g/mol. The molecule has 0 unspecified atom stereocenters. The minimum atomic E-state index is 0.417. The molecule has 0 saturated carbocycles. The second kappa shape index (κ2) is 2.19. The van der Waals surface area contributed by atoms with Crippen LogP contribution < -0.4 is 0 Å². The molecule has 0 amide bonds.